The SMILES string of the molecule is CN(C)CCOc1cccc(CN=C(N)N2CCN(c3nccs3)CC2)c1. The average molecular weight is 389 g/mol. The van der Waals surface area contributed by atoms with Crippen molar-refractivity contribution in [1.82, 2.24) is 14.8 Å². The van der Waals surface area contributed by atoms with Crippen molar-refractivity contribution in [1.29, 1.82) is 0 Å². The number of nitrogens with zero attached hydrogens (tertiary/aromatic N) is 5. The van der Waals surface area contributed by atoms with Crippen LogP contribution in [0.2, 0.25) is 0 Å². The van der Waals surface area contributed by atoms with Crippen LogP contribution >= 0.6 is 11.3 Å². The molecule has 0 atom stereocenters. The van der Waals surface area contributed by atoms with Gasteiger partial charge in [-0.2, -0.15) is 0 Å². The number of anilines is 1. The van der Waals surface area contributed by atoms with E-state index < -0.39 is 0 Å². The summed E-state index contributed by atoms with van der Waals surface area (Å²) in [4.78, 5) is 15.5. The Morgan fingerprint density at radius 3 is 2.81 bits per heavy atom. The number of hydrogen-bond acceptors (Lipinski definition) is 6. The molecule has 1 aromatic heterocycles. The first-order chi connectivity index (χ1) is 13.1. The topological polar surface area (TPSA) is 70.2 Å². The summed E-state index contributed by atoms with van der Waals surface area (Å²) < 4.78 is 5.79. The zero-order chi connectivity index (χ0) is 19.1. The fourth-order valence-electron chi connectivity index (χ4n) is 2.85. The molecular formula is C19H28N6OS. The Labute approximate surface area is 165 Å². The molecule has 7 nitrogen and oxygen atoms in total. The molecule has 2 N–H and O–H groups in total. The third kappa shape index (κ3) is 5.83. The first-order valence-corrected chi connectivity index (χ1v) is 10.1. The zero-order valence-electron chi connectivity index (χ0n) is 16.0. The molecule has 0 radical (unpaired) electrons. The Kier molecular flexibility index (Phi) is 6.89. The molecule has 0 spiro atoms. The molecule has 2 heterocycles. The number of thiazole rings is 1. The largest absolute Gasteiger partial charge is 0.492 e. The highest BCUT2D eigenvalue weighted by Gasteiger charge is 2.19. The first kappa shape index (κ1) is 19.4. The minimum Gasteiger partial charge on any atom is -0.492 e. The summed E-state index contributed by atoms with van der Waals surface area (Å²) >= 11 is 1.68. The summed E-state index contributed by atoms with van der Waals surface area (Å²) in [5.74, 6) is 1.48. The van der Waals surface area contributed by atoms with Crippen LogP contribution in [0.15, 0.2) is 40.8 Å². The second kappa shape index (κ2) is 9.57. The van der Waals surface area contributed by atoms with E-state index in [1.807, 2.05) is 43.9 Å². The Morgan fingerprint density at radius 2 is 2.11 bits per heavy atom. The summed E-state index contributed by atoms with van der Waals surface area (Å²) in [5.41, 5.74) is 7.32. The van der Waals surface area contributed by atoms with Gasteiger partial charge in [0.05, 0.1) is 6.54 Å². The van der Waals surface area contributed by atoms with Gasteiger partial charge in [0.25, 0.3) is 0 Å². The van der Waals surface area contributed by atoms with Crippen molar-refractivity contribution in [2.24, 2.45) is 10.7 Å². The molecule has 1 saturated heterocycles. The Morgan fingerprint density at radius 1 is 1.30 bits per heavy atom. The maximum atomic E-state index is 6.22. The highest BCUT2D eigenvalue weighted by molar-refractivity contribution is 7.13. The van der Waals surface area contributed by atoms with E-state index in [9.17, 15) is 0 Å². The van der Waals surface area contributed by atoms with Crippen LogP contribution in [0.1, 0.15) is 5.56 Å². The zero-order valence-corrected chi connectivity index (χ0v) is 16.9. The number of aliphatic imine (C=N–C) groups is 1. The molecular weight excluding hydrogens is 360 g/mol. The van der Waals surface area contributed by atoms with Gasteiger partial charge in [-0.05, 0) is 31.8 Å². The summed E-state index contributed by atoms with van der Waals surface area (Å²) in [5, 5.41) is 3.09. The van der Waals surface area contributed by atoms with Crippen molar-refractivity contribution < 1.29 is 4.74 Å². The van der Waals surface area contributed by atoms with Gasteiger partial charge >= 0.3 is 0 Å². The molecule has 1 fully saturated rings. The molecule has 146 valence electrons. The second-order valence-electron chi connectivity index (χ2n) is 6.76. The predicted molar refractivity (Wildman–Crippen MR) is 112 cm³/mol. The van der Waals surface area contributed by atoms with Crippen LogP contribution in [0.5, 0.6) is 5.75 Å². The number of benzene rings is 1. The first-order valence-electron chi connectivity index (χ1n) is 9.17. The van der Waals surface area contributed by atoms with Crippen molar-refractivity contribution in [2.75, 3.05) is 58.3 Å². The summed E-state index contributed by atoms with van der Waals surface area (Å²) in [6.45, 7) is 5.68. The number of piperazine rings is 1. The molecule has 0 unspecified atom stereocenters. The third-order valence-corrected chi connectivity index (χ3v) is 5.26. The van der Waals surface area contributed by atoms with E-state index in [1.54, 1.807) is 11.3 Å². The Balaban J connectivity index is 1.49. The van der Waals surface area contributed by atoms with E-state index >= 15 is 0 Å². The van der Waals surface area contributed by atoms with E-state index in [1.165, 1.54) is 0 Å². The average Bonchev–Trinajstić information content (AvgIpc) is 3.21. The number of hydrogen-bond donors (Lipinski definition) is 1. The molecule has 0 aliphatic carbocycles. The lowest BCUT2D eigenvalue weighted by Crippen LogP contribution is -2.51. The van der Waals surface area contributed by atoms with Crippen molar-refractivity contribution in [2.45, 2.75) is 6.54 Å². The van der Waals surface area contributed by atoms with Crippen LogP contribution in [0.25, 0.3) is 0 Å². The van der Waals surface area contributed by atoms with Crippen LogP contribution in [-0.2, 0) is 6.54 Å². The smallest absolute Gasteiger partial charge is 0.191 e. The second-order valence-corrected chi connectivity index (χ2v) is 7.64. The van der Waals surface area contributed by atoms with E-state index in [-0.39, 0.29) is 0 Å². The minimum atomic E-state index is 0.559. The monoisotopic (exact) mass is 388 g/mol. The number of rotatable bonds is 7. The van der Waals surface area contributed by atoms with Crippen molar-refractivity contribution in [3.05, 3.63) is 41.4 Å². The predicted octanol–water partition coefficient (Wildman–Crippen LogP) is 1.72. The van der Waals surface area contributed by atoms with E-state index in [4.69, 9.17) is 10.5 Å². The molecule has 0 amide bonds. The van der Waals surface area contributed by atoms with Crippen LogP contribution in [0, 0.1) is 0 Å². The number of nitrogens with two attached hydrogens (primary N) is 1. The quantitative estimate of drug-likeness (QED) is 0.575. The van der Waals surface area contributed by atoms with Gasteiger partial charge in [-0.15, -0.1) is 11.3 Å². The molecule has 8 heteroatoms. The molecule has 27 heavy (non-hydrogen) atoms. The van der Waals surface area contributed by atoms with Crippen LogP contribution < -0.4 is 15.4 Å². The van der Waals surface area contributed by atoms with E-state index in [2.05, 4.69) is 30.7 Å². The molecule has 1 aliphatic heterocycles. The van der Waals surface area contributed by atoms with Gasteiger partial charge in [0.2, 0.25) is 0 Å². The van der Waals surface area contributed by atoms with Gasteiger partial charge < -0.3 is 25.2 Å². The van der Waals surface area contributed by atoms with Crippen LogP contribution in [0.3, 0.4) is 0 Å². The van der Waals surface area contributed by atoms with Gasteiger partial charge in [-0.25, -0.2) is 9.98 Å². The fourth-order valence-corrected chi connectivity index (χ4v) is 3.55. The highest BCUT2D eigenvalue weighted by Crippen LogP contribution is 2.19. The molecule has 0 saturated carbocycles. The Bertz CT molecular complexity index is 726. The van der Waals surface area contributed by atoms with Gasteiger partial charge in [0, 0.05) is 44.3 Å². The number of aromatic nitrogens is 1. The molecule has 2 aromatic rings. The standard InChI is InChI=1S/C19H28N6OS/c1-23(2)11-12-26-17-5-3-4-16(14-17)15-22-18(20)24-7-9-25(10-8-24)19-21-6-13-27-19/h3-6,13-14H,7-12,15H2,1-2H3,(H2,20,22). The Hall–Kier alpha value is -2.32. The lowest BCUT2D eigenvalue weighted by Gasteiger charge is -2.35. The van der Waals surface area contributed by atoms with E-state index in [0.717, 1.165) is 49.2 Å². The summed E-state index contributed by atoms with van der Waals surface area (Å²) in [6.07, 6.45) is 1.85. The number of guanidine groups is 1. The van der Waals surface area contributed by atoms with Crippen molar-refractivity contribution in [3.63, 3.8) is 0 Å². The van der Waals surface area contributed by atoms with E-state index in [0.29, 0.717) is 19.1 Å². The normalized spacial score (nSPS) is 15.4. The maximum absolute atomic E-state index is 6.22. The maximum Gasteiger partial charge on any atom is 0.191 e. The summed E-state index contributed by atoms with van der Waals surface area (Å²) in [6, 6.07) is 8.06. The summed E-state index contributed by atoms with van der Waals surface area (Å²) in [7, 11) is 4.07. The van der Waals surface area contributed by atoms with Crippen LogP contribution in [-0.4, -0.2) is 74.2 Å². The molecule has 3 rings (SSSR count). The number of ether oxygens (including phenoxy) is 1. The molecule has 1 aromatic carbocycles. The minimum absolute atomic E-state index is 0.559. The van der Waals surface area contributed by atoms with Crippen molar-refractivity contribution >= 4 is 22.4 Å². The lowest BCUT2D eigenvalue weighted by atomic mass is 10.2. The van der Waals surface area contributed by atoms with Gasteiger partial charge in [0.15, 0.2) is 11.1 Å². The van der Waals surface area contributed by atoms with Crippen LogP contribution in [0.4, 0.5) is 5.13 Å². The highest BCUT2D eigenvalue weighted by atomic mass is 32.1. The van der Waals surface area contributed by atoms with Crippen molar-refractivity contribution in [3.8, 4) is 5.75 Å². The van der Waals surface area contributed by atoms with Gasteiger partial charge in [0.1, 0.15) is 12.4 Å². The lowest BCUT2D eigenvalue weighted by molar-refractivity contribution is 0.261. The molecule has 1 aliphatic rings. The number of likely N-dealkylation sites (N-methyl/N-ethyl adjacent to an activating group) is 1. The molecule has 0 bridgehead atoms. The van der Waals surface area contributed by atoms with Gasteiger partial charge in [-0.1, -0.05) is 12.1 Å². The fraction of sp³-hybridized carbons (Fsp3) is 0.474. The van der Waals surface area contributed by atoms with Gasteiger partial charge in [-0.3, -0.25) is 0 Å². The third-order valence-electron chi connectivity index (χ3n) is 4.42.